The number of thiazole rings is 1. The van der Waals surface area contributed by atoms with E-state index < -0.39 is 0 Å². The first-order chi connectivity index (χ1) is 9.85. The molecule has 0 aliphatic rings. The van der Waals surface area contributed by atoms with Crippen LogP contribution in [0.15, 0.2) is 0 Å². The van der Waals surface area contributed by atoms with Gasteiger partial charge in [0.05, 0.1) is 0 Å². The Kier molecular flexibility index (Phi) is 6.91. The lowest BCUT2D eigenvalue weighted by Gasteiger charge is -2.25. The van der Waals surface area contributed by atoms with E-state index in [4.69, 9.17) is 5.73 Å². The number of hydrogen-bond acceptors (Lipinski definition) is 6. The summed E-state index contributed by atoms with van der Waals surface area (Å²) in [5.41, 5.74) is 5.86. The summed E-state index contributed by atoms with van der Waals surface area (Å²) in [4.78, 5) is 19.1. The fourth-order valence-corrected chi connectivity index (χ4v) is 2.67. The number of carbonyl (C=O) groups is 1. The number of aromatic nitrogens is 1. The Morgan fingerprint density at radius 2 is 2.10 bits per heavy atom. The largest absolute Gasteiger partial charge is 0.382 e. The summed E-state index contributed by atoms with van der Waals surface area (Å²) in [5, 5.41) is 6.92. The highest BCUT2D eigenvalue weighted by molar-refractivity contribution is 7.18. The first kappa shape index (κ1) is 17.7. The third kappa shape index (κ3) is 5.51. The fraction of sp³-hybridized carbons (Fsp3) is 0.714. The molecule has 0 saturated heterocycles. The van der Waals surface area contributed by atoms with E-state index in [9.17, 15) is 4.79 Å². The quantitative estimate of drug-likeness (QED) is 0.682. The first-order valence-corrected chi connectivity index (χ1v) is 8.12. The highest BCUT2D eigenvalue weighted by atomic mass is 32.1. The number of carbonyl (C=O) groups excluding carboxylic acids is 1. The average molecular weight is 313 g/mol. The van der Waals surface area contributed by atoms with Crippen molar-refractivity contribution in [1.82, 2.24) is 15.2 Å². The molecule has 6 nitrogen and oxygen atoms in total. The average Bonchev–Trinajstić information content (AvgIpc) is 2.76. The third-order valence-corrected chi connectivity index (χ3v) is 4.10. The van der Waals surface area contributed by atoms with Crippen LogP contribution in [-0.2, 0) is 0 Å². The maximum absolute atomic E-state index is 12.4. The predicted molar refractivity (Wildman–Crippen MR) is 90.0 cm³/mol. The van der Waals surface area contributed by atoms with Crippen LogP contribution in [0.25, 0.3) is 0 Å². The van der Waals surface area contributed by atoms with Crippen molar-refractivity contribution in [3.8, 4) is 0 Å². The number of hydrogen-bond donors (Lipinski definition) is 3. The third-order valence-electron chi connectivity index (χ3n) is 3.07. The molecule has 1 amide bonds. The molecule has 0 fully saturated rings. The summed E-state index contributed by atoms with van der Waals surface area (Å²) in [6, 6.07) is 0.0843. The SMILES string of the molecule is CCCNc1nc(N)c(C(=O)NC(CN(C)C)C(C)C)s1. The van der Waals surface area contributed by atoms with Crippen LogP contribution in [0.4, 0.5) is 10.9 Å². The molecule has 1 aromatic rings. The maximum Gasteiger partial charge on any atom is 0.265 e. The Hall–Kier alpha value is -1.34. The van der Waals surface area contributed by atoms with Gasteiger partial charge in [-0.2, -0.15) is 0 Å². The molecule has 21 heavy (non-hydrogen) atoms. The van der Waals surface area contributed by atoms with Crippen LogP contribution in [0.5, 0.6) is 0 Å². The number of anilines is 2. The van der Waals surface area contributed by atoms with Crippen molar-refractivity contribution in [2.45, 2.75) is 33.2 Å². The van der Waals surface area contributed by atoms with Gasteiger partial charge in [-0.15, -0.1) is 0 Å². The molecule has 0 aromatic carbocycles. The van der Waals surface area contributed by atoms with E-state index in [0.29, 0.717) is 21.7 Å². The smallest absolute Gasteiger partial charge is 0.265 e. The summed E-state index contributed by atoms with van der Waals surface area (Å²) >= 11 is 1.31. The normalized spacial score (nSPS) is 12.7. The summed E-state index contributed by atoms with van der Waals surface area (Å²) in [6.07, 6.45) is 0.999. The lowest BCUT2D eigenvalue weighted by Crippen LogP contribution is -2.44. The van der Waals surface area contributed by atoms with Gasteiger partial charge in [0.1, 0.15) is 10.7 Å². The molecule has 0 aliphatic heterocycles. The van der Waals surface area contributed by atoms with Crippen LogP contribution >= 0.6 is 11.3 Å². The molecule has 0 bridgehead atoms. The van der Waals surface area contributed by atoms with Crippen LogP contribution in [0.2, 0.25) is 0 Å². The van der Waals surface area contributed by atoms with Crippen LogP contribution < -0.4 is 16.4 Å². The summed E-state index contributed by atoms with van der Waals surface area (Å²) in [5.74, 6) is 0.502. The number of rotatable bonds is 8. The van der Waals surface area contributed by atoms with Gasteiger partial charge in [-0.1, -0.05) is 32.1 Å². The van der Waals surface area contributed by atoms with Gasteiger partial charge in [-0.3, -0.25) is 4.79 Å². The van der Waals surface area contributed by atoms with Crippen molar-refractivity contribution in [2.75, 3.05) is 38.2 Å². The van der Waals surface area contributed by atoms with Gasteiger partial charge >= 0.3 is 0 Å². The lowest BCUT2D eigenvalue weighted by molar-refractivity contribution is 0.0921. The topological polar surface area (TPSA) is 83.3 Å². The number of nitrogens with one attached hydrogen (secondary N) is 2. The van der Waals surface area contributed by atoms with Crippen LogP contribution in [-0.4, -0.2) is 49.0 Å². The molecule has 4 N–H and O–H groups in total. The summed E-state index contributed by atoms with van der Waals surface area (Å²) in [6.45, 7) is 7.88. The molecular weight excluding hydrogens is 286 g/mol. The van der Waals surface area contributed by atoms with E-state index in [1.54, 1.807) is 0 Å². The highest BCUT2D eigenvalue weighted by Crippen LogP contribution is 2.25. The molecule has 1 rings (SSSR count). The lowest BCUT2D eigenvalue weighted by atomic mass is 10.0. The predicted octanol–water partition coefficient (Wildman–Crippen LogP) is 1.86. The summed E-state index contributed by atoms with van der Waals surface area (Å²) < 4.78 is 0. The fourth-order valence-electron chi connectivity index (χ4n) is 1.85. The molecule has 0 saturated carbocycles. The van der Waals surface area contributed by atoms with E-state index in [1.807, 2.05) is 14.1 Å². The standard InChI is InChI=1S/C14H27N5OS/c1-6-7-16-14-18-12(15)11(21-14)13(20)17-10(9(2)3)8-19(4)5/h9-10H,6-8,15H2,1-5H3,(H,16,18)(H,17,20). The zero-order valence-corrected chi connectivity index (χ0v) is 14.4. The molecule has 0 radical (unpaired) electrons. The van der Waals surface area contributed by atoms with Gasteiger partial charge in [0.2, 0.25) is 0 Å². The number of nitrogens with two attached hydrogens (primary N) is 1. The van der Waals surface area contributed by atoms with Crippen molar-refractivity contribution in [3.05, 3.63) is 4.88 Å². The van der Waals surface area contributed by atoms with Gasteiger partial charge in [0, 0.05) is 19.1 Å². The van der Waals surface area contributed by atoms with Gasteiger partial charge in [-0.25, -0.2) is 4.98 Å². The Bertz CT molecular complexity index is 458. The van der Waals surface area contributed by atoms with Crippen molar-refractivity contribution in [2.24, 2.45) is 5.92 Å². The molecule has 1 aromatic heterocycles. The Morgan fingerprint density at radius 3 is 2.62 bits per heavy atom. The monoisotopic (exact) mass is 313 g/mol. The number of nitrogen functional groups attached to an aromatic ring is 1. The number of likely N-dealkylation sites (N-methyl/N-ethyl adjacent to an activating group) is 1. The van der Waals surface area contributed by atoms with E-state index in [-0.39, 0.29) is 11.9 Å². The molecule has 0 aliphatic carbocycles. The van der Waals surface area contributed by atoms with E-state index >= 15 is 0 Å². The zero-order chi connectivity index (χ0) is 16.0. The zero-order valence-electron chi connectivity index (χ0n) is 13.6. The highest BCUT2D eigenvalue weighted by Gasteiger charge is 2.21. The second-order valence-corrected chi connectivity index (χ2v) is 6.75. The minimum Gasteiger partial charge on any atom is -0.382 e. The first-order valence-electron chi connectivity index (χ1n) is 7.30. The van der Waals surface area contributed by atoms with Gasteiger partial charge in [-0.05, 0) is 26.4 Å². The minimum absolute atomic E-state index is 0.0843. The number of nitrogens with zero attached hydrogens (tertiary/aromatic N) is 2. The molecule has 120 valence electrons. The van der Waals surface area contributed by atoms with Gasteiger partial charge in [0.25, 0.3) is 5.91 Å². The molecular formula is C14H27N5OS. The Balaban J connectivity index is 2.75. The van der Waals surface area contributed by atoms with E-state index in [0.717, 1.165) is 19.5 Å². The Morgan fingerprint density at radius 1 is 1.43 bits per heavy atom. The second-order valence-electron chi connectivity index (χ2n) is 5.75. The van der Waals surface area contributed by atoms with Crippen LogP contribution in [0.1, 0.15) is 36.9 Å². The van der Waals surface area contributed by atoms with Crippen molar-refractivity contribution >= 4 is 28.2 Å². The van der Waals surface area contributed by atoms with Crippen molar-refractivity contribution < 1.29 is 4.79 Å². The van der Waals surface area contributed by atoms with Crippen molar-refractivity contribution in [1.29, 1.82) is 0 Å². The minimum atomic E-state index is -0.143. The summed E-state index contributed by atoms with van der Waals surface area (Å²) in [7, 11) is 3.99. The van der Waals surface area contributed by atoms with Crippen LogP contribution in [0.3, 0.4) is 0 Å². The van der Waals surface area contributed by atoms with Gasteiger partial charge in [0.15, 0.2) is 5.13 Å². The van der Waals surface area contributed by atoms with Crippen molar-refractivity contribution in [3.63, 3.8) is 0 Å². The molecule has 7 heteroatoms. The number of amides is 1. The Labute approximate surface area is 131 Å². The molecule has 1 unspecified atom stereocenters. The van der Waals surface area contributed by atoms with Crippen LogP contribution in [0, 0.1) is 5.92 Å². The van der Waals surface area contributed by atoms with Gasteiger partial charge < -0.3 is 21.3 Å². The molecule has 0 spiro atoms. The molecule has 1 heterocycles. The maximum atomic E-state index is 12.4. The second kappa shape index (κ2) is 8.19. The molecule has 1 atom stereocenters. The van der Waals surface area contributed by atoms with E-state index in [2.05, 4.69) is 41.3 Å². The van der Waals surface area contributed by atoms with E-state index in [1.165, 1.54) is 11.3 Å².